The topological polar surface area (TPSA) is 93.5 Å². The molecule has 0 bridgehead atoms. The van der Waals surface area contributed by atoms with Gasteiger partial charge < -0.3 is 15.2 Å². The smallest absolute Gasteiger partial charge is 0.407 e. The molecule has 0 fully saturated rings. The second-order valence-corrected chi connectivity index (χ2v) is 7.97. The average molecular weight is 419 g/mol. The van der Waals surface area contributed by atoms with Crippen molar-refractivity contribution in [3.8, 4) is 11.1 Å². The zero-order valence-corrected chi connectivity index (χ0v) is 17.5. The number of amides is 1. The van der Waals surface area contributed by atoms with E-state index in [9.17, 15) is 14.7 Å². The van der Waals surface area contributed by atoms with E-state index in [4.69, 9.17) is 4.74 Å². The third-order valence-corrected chi connectivity index (χ3v) is 5.57. The maximum atomic E-state index is 12.6. The highest BCUT2D eigenvalue weighted by Gasteiger charge is 2.29. The number of rotatable bonds is 7. The van der Waals surface area contributed by atoms with Crippen molar-refractivity contribution in [3.05, 3.63) is 77.6 Å². The highest BCUT2D eigenvalue weighted by Crippen LogP contribution is 2.44. The minimum absolute atomic E-state index is 0.0558. The second kappa shape index (κ2) is 8.63. The molecule has 1 atom stereocenters. The van der Waals surface area contributed by atoms with E-state index in [0.29, 0.717) is 5.56 Å². The molecule has 31 heavy (non-hydrogen) atoms. The summed E-state index contributed by atoms with van der Waals surface area (Å²) >= 11 is 0. The number of carboxylic acids is 1. The first-order valence-corrected chi connectivity index (χ1v) is 10.3. The van der Waals surface area contributed by atoms with Gasteiger partial charge in [-0.05, 0) is 36.1 Å². The van der Waals surface area contributed by atoms with E-state index in [2.05, 4.69) is 34.7 Å². The standard InChI is InChI=1S/C24H25N3O4/c1-15(2)27-13-16(12-25-27)22(11-23(28)29)26-24(30)31-14-21-19-9-5-3-7-17(19)18-8-4-6-10-20(18)21/h3-10,12-13,15,21-22H,11,14H2,1-2H3,(H,26,30)(H,28,29)/t22-/m0/s1. The molecule has 3 aromatic rings. The van der Waals surface area contributed by atoms with E-state index in [0.717, 1.165) is 22.3 Å². The number of nitrogens with zero attached hydrogens (tertiary/aromatic N) is 2. The Balaban J connectivity index is 1.47. The van der Waals surface area contributed by atoms with Crippen molar-refractivity contribution in [1.82, 2.24) is 15.1 Å². The maximum Gasteiger partial charge on any atom is 0.407 e. The molecular formula is C24H25N3O4. The summed E-state index contributed by atoms with van der Waals surface area (Å²) in [5, 5.41) is 16.2. The zero-order chi connectivity index (χ0) is 22.0. The van der Waals surface area contributed by atoms with Gasteiger partial charge in [-0.1, -0.05) is 48.5 Å². The molecule has 0 saturated heterocycles. The van der Waals surface area contributed by atoms with Gasteiger partial charge in [-0.25, -0.2) is 4.79 Å². The molecule has 1 aliphatic carbocycles. The Bertz CT molecular complexity index is 1060. The quantitative estimate of drug-likeness (QED) is 0.587. The predicted octanol–water partition coefficient (Wildman–Crippen LogP) is 4.52. The first kappa shape index (κ1) is 20.7. The number of carbonyl (C=O) groups excluding carboxylic acids is 1. The van der Waals surface area contributed by atoms with Crippen LogP contribution in [-0.4, -0.2) is 33.6 Å². The van der Waals surface area contributed by atoms with Gasteiger partial charge in [0.05, 0.1) is 18.7 Å². The minimum atomic E-state index is -1.01. The van der Waals surface area contributed by atoms with Crippen molar-refractivity contribution in [1.29, 1.82) is 0 Å². The van der Waals surface area contributed by atoms with Crippen LogP contribution < -0.4 is 5.32 Å². The third kappa shape index (κ3) is 4.30. The molecule has 0 spiro atoms. The summed E-state index contributed by atoms with van der Waals surface area (Å²) in [5.41, 5.74) is 5.17. The molecular weight excluding hydrogens is 394 g/mol. The van der Waals surface area contributed by atoms with Gasteiger partial charge in [0.15, 0.2) is 0 Å². The lowest BCUT2D eigenvalue weighted by molar-refractivity contribution is -0.137. The fourth-order valence-corrected chi connectivity index (χ4v) is 4.02. The van der Waals surface area contributed by atoms with Crippen LogP contribution in [0.2, 0.25) is 0 Å². The fourth-order valence-electron chi connectivity index (χ4n) is 4.02. The number of carboxylic acid groups (broad SMARTS) is 1. The Labute approximate surface area is 180 Å². The Kier molecular flexibility index (Phi) is 5.75. The molecule has 160 valence electrons. The molecule has 1 aliphatic rings. The Morgan fingerprint density at radius 3 is 2.26 bits per heavy atom. The molecule has 0 saturated carbocycles. The summed E-state index contributed by atoms with van der Waals surface area (Å²) in [7, 11) is 0. The van der Waals surface area contributed by atoms with E-state index >= 15 is 0 Å². The first-order chi connectivity index (χ1) is 14.9. The van der Waals surface area contributed by atoms with Crippen molar-refractivity contribution in [3.63, 3.8) is 0 Å². The number of ether oxygens (including phenoxy) is 1. The van der Waals surface area contributed by atoms with Crippen LogP contribution in [0.3, 0.4) is 0 Å². The minimum Gasteiger partial charge on any atom is -0.481 e. The van der Waals surface area contributed by atoms with Crippen molar-refractivity contribution in [2.45, 2.75) is 38.3 Å². The van der Waals surface area contributed by atoms with Gasteiger partial charge in [-0.3, -0.25) is 9.48 Å². The highest BCUT2D eigenvalue weighted by atomic mass is 16.5. The van der Waals surface area contributed by atoms with Crippen LogP contribution in [0.15, 0.2) is 60.9 Å². The largest absolute Gasteiger partial charge is 0.481 e. The van der Waals surface area contributed by atoms with E-state index < -0.39 is 18.1 Å². The van der Waals surface area contributed by atoms with Crippen LogP contribution in [0.25, 0.3) is 11.1 Å². The van der Waals surface area contributed by atoms with Gasteiger partial charge in [0.25, 0.3) is 0 Å². The zero-order valence-electron chi connectivity index (χ0n) is 17.5. The van der Waals surface area contributed by atoms with Crippen molar-refractivity contribution >= 4 is 12.1 Å². The van der Waals surface area contributed by atoms with Gasteiger partial charge in [-0.15, -0.1) is 0 Å². The molecule has 0 radical (unpaired) electrons. The number of fused-ring (bicyclic) bond motifs is 3. The number of hydrogen-bond donors (Lipinski definition) is 2. The van der Waals surface area contributed by atoms with Crippen LogP contribution in [-0.2, 0) is 9.53 Å². The van der Waals surface area contributed by atoms with Crippen LogP contribution >= 0.6 is 0 Å². The van der Waals surface area contributed by atoms with E-state index in [1.807, 2.05) is 38.1 Å². The number of aliphatic carboxylic acids is 1. The molecule has 2 N–H and O–H groups in total. The molecule has 7 heteroatoms. The molecule has 2 aromatic carbocycles. The highest BCUT2D eigenvalue weighted by molar-refractivity contribution is 5.79. The lowest BCUT2D eigenvalue weighted by Gasteiger charge is -2.18. The van der Waals surface area contributed by atoms with Crippen molar-refractivity contribution in [2.24, 2.45) is 0 Å². The van der Waals surface area contributed by atoms with E-state index in [1.54, 1.807) is 17.1 Å². The van der Waals surface area contributed by atoms with E-state index in [1.165, 1.54) is 0 Å². The Morgan fingerprint density at radius 1 is 1.10 bits per heavy atom. The number of carbonyl (C=O) groups is 2. The molecule has 7 nitrogen and oxygen atoms in total. The number of nitrogens with one attached hydrogen (secondary N) is 1. The molecule has 1 heterocycles. The predicted molar refractivity (Wildman–Crippen MR) is 116 cm³/mol. The van der Waals surface area contributed by atoms with Gasteiger partial charge in [0.1, 0.15) is 6.61 Å². The summed E-state index contributed by atoms with van der Waals surface area (Å²) in [6.07, 6.45) is 2.43. The number of alkyl carbamates (subject to hydrolysis) is 1. The summed E-state index contributed by atoms with van der Waals surface area (Å²) in [4.78, 5) is 23.9. The molecule has 1 aromatic heterocycles. The van der Waals surface area contributed by atoms with E-state index in [-0.39, 0.29) is 25.0 Å². The van der Waals surface area contributed by atoms with Crippen LogP contribution in [0.5, 0.6) is 0 Å². The fraction of sp³-hybridized carbons (Fsp3) is 0.292. The van der Waals surface area contributed by atoms with Gasteiger partial charge >= 0.3 is 12.1 Å². The first-order valence-electron chi connectivity index (χ1n) is 10.3. The maximum absolute atomic E-state index is 12.6. The summed E-state index contributed by atoms with van der Waals surface area (Å²) < 4.78 is 7.28. The SMILES string of the molecule is CC(C)n1cc([C@H](CC(=O)O)NC(=O)OCC2c3ccccc3-c3ccccc32)cn1. The normalized spacial score (nSPS) is 13.5. The molecule has 0 aliphatic heterocycles. The lowest BCUT2D eigenvalue weighted by Crippen LogP contribution is -2.31. The van der Waals surface area contributed by atoms with Gasteiger partial charge in [-0.2, -0.15) is 5.10 Å². The summed E-state index contributed by atoms with van der Waals surface area (Å²) in [6.45, 7) is 4.12. The van der Waals surface area contributed by atoms with Crippen LogP contribution in [0, 0.1) is 0 Å². The number of aromatic nitrogens is 2. The second-order valence-electron chi connectivity index (χ2n) is 7.97. The van der Waals surface area contributed by atoms with Crippen molar-refractivity contribution < 1.29 is 19.4 Å². The molecule has 0 unspecified atom stereocenters. The third-order valence-electron chi connectivity index (χ3n) is 5.57. The summed E-state index contributed by atoms with van der Waals surface area (Å²) in [5.74, 6) is -1.07. The number of benzene rings is 2. The van der Waals surface area contributed by atoms with Gasteiger partial charge in [0, 0.05) is 23.7 Å². The van der Waals surface area contributed by atoms with Gasteiger partial charge in [0.2, 0.25) is 0 Å². The van der Waals surface area contributed by atoms with Crippen LogP contribution in [0.4, 0.5) is 4.79 Å². The summed E-state index contributed by atoms with van der Waals surface area (Å²) in [6, 6.07) is 15.6. The Hall–Kier alpha value is -3.61. The Morgan fingerprint density at radius 2 is 1.71 bits per heavy atom. The number of hydrogen-bond acceptors (Lipinski definition) is 4. The monoisotopic (exact) mass is 419 g/mol. The lowest BCUT2D eigenvalue weighted by atomic mass is 9.98. The molecule has 4 rings (SSSR count). The average Bonchev–Trinajstić information content (AvgIpc) is 3.35. The van der Waals surface area contributed by atoms with Crippen LogP contribution in [0.1, 0.15) is 55.0 Å². The van der Waals surface area contributed by atoms with Crippen molar-refractivity contribution in [2.75, 3.05) is 6.61 Å². The molecule has 1 amide bonds.